The molecule has 0 N–H and O–H groups in total. The molecule has 1 saturated carbocycles. The van der Waals surface area contributed by atoms with Gasteiger partial charge in [0.05, 0.1) is 0 Å². The van der Waals surface area contributed by atoms with E-state index in [1.807, 2.05) is 6.92 Å². The van der Waals surface area contributed by atoms with Gasteiger partial charge in [-0.2, -0.15) is 4.31 Å². The minimum Gasteiger partial charge on any atom is -0.243 e. The van der Waals surface area contributed by atoms with E-state index < -0.39 is 10.0 Å². The number of rotatable bonds is 5. The van der Waals surface area contributed by atoms with Crippen molar-refractivity contribution in [3.63, 3.8) is 0 Å². The summed E-state index contributed by atoms with van der Waals surface area (Å²) < 4.78 is 26.3. The summed E-state index contributed by atoms with van der Waals surface area (Å²) in [7, 11) is -3.43. The molecular formula is C12H17ClN2O2S. The molecule has 1 aliphatic rings. The Morgan fingerprint density at radius 2 is 2.17 bits per heavy atom. The zero-order valence-electron chi connectivity index (χ0n) is 10.3. The molecule has 2 rings (SSSR count). The van der Waals surface area contributed by atoms with Crippen LogP contribution in [0.25, 0.3) is 0 Å². The lowest BCUT2D eigenvalue weighted by molar-refractivity contribution is 0.250. The monoisotopic (exact) mass is 288 g/mol. The summed E-state index contributed by atoms with van der Waals surface area (Å²) in [5.74, 6) is 0.514. The average molecular weight is 289 g/mol. The van der Waals surface area contributed by atoms with E-state index >= 15 is 0 Å². The molecule has 18 heavy (non-hydrogen) atoms. The maximum atomic E-state index is 12.4. The fourth-order valence-electron chi connectivity index (χ4n) is 2.02. The van der Waals surface area contributed by atoms with Crippen LogP contribution in [0.2, 0.25) is 5.15 Å². The van der Waals surface area contributed by atoms with Crippen LogP contribution in [-0.4, -0.2) is 30.8 Å². The highest BCUT2D eigenvalue weighted by molar-refractivity contribution is 7.89. The van der Waals surface area contributed by atoms with Crippen LogP contribution >= 0.6 is 11.6 Å². The number of hydrogen-bond acceptors (Lipinski definition) is 3. The summed E-state index contributed by atoms with van der Waals surface area (Å²) in [5.41, 5.74) is 0. The molecule has 0 spiro atoms. The molecule has 4 nitrogen and oxygen atoms in total. The molecule has 0 aliphatic heterocycles. The Morgan fingerprint density at radius 3 is 2.61 bits per heavy atom. The van der Waals surface area contributed by atoms with Crippen molar-refractivity contribution in [3.8, 4) is 0 Å². The lowest BCUT2D eigenvalue weighted by Crippen LogP contribution is -2.37. The Hall–Kier alpha value is -0.650. The highest BCUT2D eigenvalue weighted by Gasteiger charge is 2.28. The summed E-state index contributed by atoms with van der Waals surface area (Å²) in [6.07, 6.45) is 4.79. The Balaban J connectivity index is 2.18. The molecule has 6 heteroatoms. The van der Waals surface area contributed by atoms with Gasteiger partial charge in [0.2, 0.25) is 10.0 Å². The molecule has 1 aromatic heterocycles. The van der Waals surface area contributed by atoms with E-state index in [2.05, 4.69) is 4.98 Å². The smallest absolute Gasteiger partial charge is 0.243 e. The molecule has 0 amide bonds. The second-order valence-corrected chi connectivity index (χ2v) is 6.89. The number of hydrogen-bond donors (Lipinski definition) is 0. The van der Waals surface area contributed by atoms with Gasteiger partial charge < -0.3 is 0 Å². The zero-order valence-corrected chi connectivity index (χ0v) is 11.9. The first-order chi connectivity index (χ1) is 8.54. The summed E-state index contributed by atoms with van der Waals surface area (Å²) in [4.78, 5) is 4.05. The highest BCUT2D eigenvalue weighted by Crippen LogP contribution is 2.29. The molecule has 1 aliphatic carbocycles. The van der Waals surface area contributed by atoms with Gasteiger partial charge in [0, 0.05) is 19.3 Å². The average Bonchev–Trinajstić information content (AvgIpc) is 2.28. The highest BCUT2D eigenvalue weighted by atomic mass is 35.5. The third-order valence-corrected chi connectivity index (χ3v) is 5.53. The van der Waals surface area contributed by atoms with Crippen molar-refractivity contribution in [2.24, 2.45) is 5.92 Å². The Kier molecular flexibility index (Phi) is 4.25. The third kappa shape index (κ3) is 2.84. The van der Waals surface area contributed by atoms with Crippen LogP contribution < -0.4 is 0 Å². The molecule has 0 unspecified atom stereocenters. The van der Waals surface area contributed by atoms with E-state index in [-0.39, 0.29) is 4.90 Å². The maximum Gasteiger partial charge on any atom is 0.244 e. The standard InChI is InChI=1S/C12H17ClN2O2S/c1-2-15(9-10-4-3-5-10)18(16,17)11-6-7-12(13)14-8-11/h6-8,10H,2-5,9H2,1H3. The quantitative estimate of drug-likeness (QED) is 0.783. The van der Waals surface area contributed by atoms with Gasteiger partial charge in [-0.05, 0) is 30.9 Å². The van der Waals surface area contributed by atoms with Crippen molar-refractivity contribution >= 4 is 21.6 Å². The fraction of sp³-hybridized carbons (Fsp3) is 0.583. The minimum atomic E-state index is -3.43. The SMILES string of the molecule is CCN(CC1CCC1)S(=O)(=O)c1ccc(Cl)nc1. The molecule has 0 atom stereocenters. The van der Waals surface area contributed by atoms with Crippen molar-refractivity contribution in [1.82, 2.24) is 9.29 Å². The topological polar surface area (TPSA) is 50.3 Å². The van der Waals surface area contributed by atoms with Gasteiger partial charge >= 0.3 is 0 Å². The summed E-state index contributed by atoms with van der Waals surface area (Å²) >= 11 is 5.67. The largest absolute Gasteiger partial charge is 0.244 e. The number of aromatic nitrogens is 1. The van der Waals surface area contributed by atoms with Crippen LogP contribution in [0.15, 0.2) is 23.2 Å². The van der Waals surface area contributed by atoms with Gasteiger partial charge in [0.15, 0.2) is 0 Å². The van der Waals surface area contributed by atoms with Gasteiger partial charge in [-0.3, -0.25) is 0 Å². The first kappa shape index (κ1) is 13.8. The molecule has 100 valence electrons. The Morgan fingerprint density at radius 1 is 1.44 bits per heavy atom. The minimum absolute atomic E-state index is 0.216. The van der Waals surface area contributed by atoms with E-state index in [1.54, 1.807) is 0 Å². The predicted octanol–water partition coefficient (Wildman–Crippen LogP) is 2.55. The van der Waals surface area contributed by atoms with Gasteiger partial charge in [-0.1, -0.05) is 24.9 Å². The van der Waals surface area contributed by atoms with Crippen molar-refractivity contribution in [1.29, 1.82) is 0 Å². The van der Waals surface area contributed by atoms with E-state index in [1.165, 1.54) is 29.1 Å². The predicted molar refractivity (Wildman–Crippen MR) is 71.0 cm³/mol. The normalized spacial score (nSPS) is 16.8. The zero-order chi connectivity index (χ0) is 13.2. The van der Waals surface area contributed by atoms with Crippen LogP contribution in [0.5, 0.6) is 0 Å². The summed E-state index contributed by atoms with van der Waals surface area (Å²) in [6, 6.07) is 3.01. The van der Waals surface area contributed by atoms with Crippen molar-refractivity contribution in [2.45, 2.75) is 31.1 Å². The fourth-order valence-corrected chi connectivity index (χ4v) is 3.61. The van der Waals surface area contributed by atoms with Crippen LogP contribution in [0, 0.1) is 5.92 Å². The molecule has 0 aromatic carbocycles. The number of nitrogens with zero attached hydrogens (tertiary/aromatic N) is 2. The van der Waals surface area contributed by atoms with E-state index in [0.717, 1.165) is 12.8 Å². The molecule has 1 heterocycles. The van der Waals surface area contributed by atoms with Crippen LogP contribution in [0.3, 0.4) is 0 Å². The van der Waals surface area contributed by atoms with E-state index in [0.29, 0.717) is 24.2 Å². The maximum absolute atomic E-state index is 12.4. The van der Waals surface area contributed by atoms with Gasteiger partial charge in [0.1, 0.15) is 10.0 Å². The van der Waals surface area contributed by atoms with E-state index in [9.17, 15) is 8.42 Å². The second-order valence-electron chi connectivity index (χ2n) is 4.57. The molecule has 0 saturated heterocycles. The number of halogens is 1. The van der Waals surface area contributed by atoms with Gasteiger partial charge in [-0.15, -0.1) is 0 Å². The number of pyridine rings is 1. The second kappa shape index (κ2) is 5.55. The first-order valence-electron chi connectivity index (χ1n) is 6.15. The molecular weight excluding hydrogens is 272 g/mol. The van der Waals surface area contributed by atoms with Crippen molar-refractivity contribution in [3.05, 3.63) is 23.5 Å². The lowest BCUT2D eigenvalue weighted by Gasteiger charge is -2.31. The Bertz CT molecular complexity index is 497. The molecule has 1 aromatic rings. The first-order valence-corrected chi connectivity index (χ1v) is 7.97. The van der Waals surface area contributed by atoms with Gasteiger partial charge in [0.25, 0.3) is 0 Å². The van der Waals surface area contributed by atoms with Crippen molar-refractivity contribution < 1.29 is 8.42 Å². The van der Waals surface area contributed by atoms with Crippen molar-refractivity contribution in [2.75, 3.05) is 13.1 Å². The van der Waals surface area contributed by atoms with Crippen LogP contribution in [-0.2, 0) is 10.0 Å². The van der Waals surface area contributed by atoms with Crippen LogP contribution in [0.1, 0.15) is 26.2 Å². The molecule has 0 radical (unpaired) electrons. The van der Waals surface area contributed by atoms with E-state index in [4.69, 9.17) is 11.6 Å². The molecule has 0 bridgehead atoms. The number of sulfonamides is 1. The summed E-state index contributed by atoms with van der Waals surface area (Å²) in [6.45, 7) is 2.96. The Labute approximate surface area is 113 Å². The summed E-state index contributed by atoms with van der Waals surface area (Å²) in [5, 5.41) is 0.302. The molecule has 1 fully saturated rings. The van der Waals surface area contributed by atoms with Crippen LogP contribution in [0.4, 0.5) is 0 Å². The third-order valence-electron chi connectivity index (χ3n) is 3.38. The van der Waals surface area contributed by atoms with Gasteiger partial charge in [-0.25, -0.2) is 13.4 Å². The lowest BCUT2D eigenvalue weighted by atomic mass is 9.85.